The molecule has 1 aliphatic heterocycles. The number of aromatic nitrogens is 1. The molecule has 1 unspecified atom stereocenters. The maximum Gasteiger partial charge on any atom is 0.303 e. The first-order valence-electron chi connectivity index (χ1n) is 7.10. The predicted octanol–water partition coefficient (Wildman–Crippen LogP) is 2.76. The number of piperidine rings is 1. The van der Waals surface area contributed by atoms with Crippen LogP contribution in [0.4, 0.5) is 0 Å². The number of hydrogen-bond acceptors (Lipinski definition) is 3. The highest BCUT2D eigenvalue weighted by Crippen LogP contribution is 2.24. The number of carboxylic acids is 1. The van der Waals surface area contributed by atoms with Crippen molar-refractivity contribution in [2.45, 2.75) is 32.6 Å². The van der Waals surface area contributed by atoms with Gasteiger partial charge >= 0.3 is 5.97 Å². The molecule has 0 saturated carbocycles. The number of aryl methyl sites for hydroxylation is 1. The van der Waals surface area contributed by atoms with E-state index in [1.165, 1.54) is 6.20 Å². The number of pyridine rings is 1. The number of likely N-dealkylation sites (tertiary alicyclic amines) is 1. The van der Waals surface area contributed by atoms with Crippen LogP contribution >= 0.6 is 11.6 Å². The second kappa shape index (κ2) is 6.89. The molecule has 1 fully saturated rings. The summed E-state index contributed by atoms with van der Waals surface area (Å²) in [7, 11) is 0. The quantitative estimate of drug-likeness (QED) is 0.928. The summed E-state index contributed by atoms with van der Waals surface area (Å²) < 4.78 is 0. The van der Waals surface area contributed by atoms with Crippen LogP contribution in [0.5, 0.6) is 0 Å². The highest BCUT2D eigenvalue weighted by Gasteiger charge is 2.26. The summed E-state index contributed by atoms with van der Waals surface area (Å²) in [5.41, 5.74) is 1.19. The van der Waals surface area contributed by atoms with E-state index in [1.54, 1.807) is 11.0 Å². The number of nitrogens with zero attached hydrogens (tertiary/aromatic N) is 2. The molecule has 1 aliphatic rings. The van der Waals surface area contributed by atoms with Gasteiger partial charge in [0.1, 0.15) is 0 Å². The second-order valence-electron chi connectivity index (χ2n) is 5.50. The molecular weight excluding hydrogens is 292 g/mol. The Labute approximate surface area is 128 Å². The SMILES string of the molecule is Cc1cc(Cl)c(C(=O)N2CCCC(CCC(=O)O)C2)cn1. The molecule has 1 aromatic rings. The lowest BCUT2D eigenvalue weighted by molar-refractivity contribution is -0.137. The minimum Gasteiger partial charge on any atom is -0.481 e. The summed E-state index contributed by atoms with van der Waals surface area (Å²) in [6, 6.07) is 1.68. The molecule has 2 rings (SSSR count). The van der Waals surface area contributed by atoms with Crippen molar-refractivity contribution in [2.75, 3.05) is 13.1 Å². The smallest absolute Gasteiger partial charge is 0.303 e. The first-order chi connectivity index (χ1) is 9.97. The van der Waals surface area contributed by atoms with Gasteiger partial charge in [0, 0.05) is 31.4 Å². The van der Waals surface area contributed by atoms with Gasteiger partial charge in [-0.05, 0) is 38.2 Å². The topological polar surface area (TPSA) is 70.5 Å². The molecule has 0 spiro atoms. The maximum atomic E-state index is 12.5. The van der Waals surface area contributed by atoms with Gasteiger partial charge in [-0.3, -0.25) is 14.6 Å². The number of aliphatic carboxylic acids is 1. The lowest BCUT2D eigenvalue weighted by atomic mass is 9.93. The van der Waals surface area contributed by atoms with Crippen LogP contribution in [-0.2, 0) is 4.79 Å². The van der Waals surface area contributed by atoms with E-state index >= 15 is 0 Å². The highest BCUT2D eigenvalue weighted by atomic mass is 35.5. The average Bonchev–Trinajstić information content (AvgIpc) is 2.45. The van der Waals surface area contributed by atoms with Gasteiger partial charge in [0.05, 0.1) is 10.6 Å². The van der Waals surface area contributed by atoms with E-state index in [0.717, 1.165) is 18.5 Å². The van der Waals surface area contributed by atoms with Crippen LogP contribution in [0.2, 0.25) is 5.02 Å². The number of rotatable bonds is 4. The van der Waals surface area contributed by atoms with Gasteiger partial charge in [-0.15, -0.1) is 0 Å². The van der Waals surface area contributed by atoms with Gasteiger partial charge in [0.25, 0.3) is 5.91 Å². The van der Waals surface area contributed by atoms with Crippen molar-refractivity contribution in [3.63, 3.8) is 0 Å². The minimum absolute atomic E-state index is 0.118. The fourth-order valence-corrected chi connectivity index (χ4v) is 2.95. The Balaban J connectivity index is 2.03. The van der Waals surface area contributed by atoms with Gasteiger partial charge in [0.15, 0.2) is 0 Å². The zero-order valence-electron chi connectivity index (χ0n) is 12.0. The Bertz CT molecular complexity index is 548. The van der Waals surface area contributed by atoms with Crippen molar-refractivity contribution in [1.82, 2.24) is 9.88 Å². The van der Waals surface area contributed by atoms with Crippen LogP contribution < -0.4 is 0 Å². The molecule has 0 aromatic carbocycles. The standard InChI is InChI=1S/C15H19ClN2O3/c1-10-7-13(16)12(8-17-10)15(21)18-6-2-3-11(9-18)4-5-14(19)20/h7-8,11H,2-6,9H2,1H3,(H,19,20). The van der Waals surface area contributed by atoms with E-state index in [1.807, 2.05) is 6.92 Å². The second-order valence-corrected chi connectivity index (χ2v) is 5.90. The third-order valence-electron chi connectivity index (χ3n) is 3.79. The molecule has 6 heteroatoms. The largest absolute Gasteiger partial charge is 0.481 e. The Morgan fingerprint density at radius 2 is 2.29 bits per heavy atom. The number of amides is 1. The normalized spacial score (nSPS) is 18.6. The van der Waals surface area contributed by atoms with Crippen LogP contribution in [-0.4, -0.2) is 40.0 Å². The van der Waals surface area contributed by atoms with Gasteiger partial charge < -0.3 is 10.0 Å². The number of carbonyl (C=O) groups excluding carboxylic acids is 1. The van der Waals surface area contributed by atoms with Crippen molar-refractivity contribution >= 4 is 23.5 Å². The molecule has 1 atom stereocenters. The molecule has 1 aromatic heterocycles. The summed E-state index contributed by atoms with van der Waals surface area (Å²) in [6.45, 7) is 3.10. The monoisotopic (exact) mass is 310 g/mol. The molecule has 1 amide bonds. The molecule has 114 valence electrons. The summed E-state index contributed by atoms with van der Waals surface area (Å²) in [6.07, 6.45) is 4.14. The fraction of sp³-hybridized carbons (Fsp3) is 0.533. The third-order valence-corrected chi connectivity index (χ3v) is 4.11. The lowest BCUT2D eigenvalue weighted by Gasteiger charge is -2.32. The summed E-state index contributed by atoms with van der Waals surface area (Å²) in [5, 5.41) is 9.17. The fourth-order valence-electron chi connectivity index (χ4n) is 2.67. The Kier molecular flexibility index (Phi) is 5.17. The van der Waals surface area contributed by atoms with E-state index in [9.17, 15) is 9.59 Å². The average molecular weight is 311 g/mol. The third kappa shape index (κ3) is 4.17. The van der Waals surface area contributed by atoms with Crippen molar-refractivity contribution in [3.05, 3.63) is 28.5 Å². The van der Waals surface area contributed by atoms with Crippen molar-refractivity contribution in [3.8, 4) is 0 Å². The molecule has 0 radical (unpaired) electrons. The summed E-state index contributed by atoms with van der Waals surface area (Å²) in [5.74, 6) is -0.660. The molecule has 1 N–H and O–H groups in total. The number of hydrogen-bond donors (Lipinski definition) is 1. The van der Waals surface area contributed by atoms with Gasteiger partial charge in [0.2, 0.25) is 0 Å². The number of carbonyl (C=O) groups is 2. The molecular formula is C15H19ClN2O3. The van der Waals surface area contributed by atoms with Crippen LogP contribution in [0, 0.1) is 12.8 Å². The lowest BCUT2D eigenvalue weighted by Crippen LogP contribution is -2.40. The number of halogens is 1. The van der Waals surface area contributed by atoms with Crippen molar-refractivity contribution in [1.29, 1.82) is 0 Å². The zero-order valence-corrected chi connectivity index (χ0v) is 12.8. The van der Waals surface area contributed by atoms with E-state index in [0.29, 0.717) is 30.1 Å². The van der Waals surface area contributed by atoms with E-state index in [-0.39, 0.29) is 18.2 Å². The van der Waals surface area contributed by atoms with E-state index in [2.05, 4.69) is 4.98 Å². The van der Waals surface area contributed by atoms with Crippen LogP contribution in [0.25, 0.3) is 0 Å². The van der Waals surface area contributed by atoms with E-state index in [4.69, 9.17) is 16.7 Å². The van der Waals surface area contributed by atoms with Crippen LogP contribution in [0.1, 0.15) is 41.7 Å². The number of carboxylic acid groups (broad SMARTS) is 1. The Morgan fingerprint density at radius 1 is 1.52 bits per heavy atom. The van der Waals surface area contributed by atoms with Crippen molar-refractivity contribution in [2.24, 2.45) is 5.92 Å². The van der Waals surface area contributed by atoms with E-state index < -0.39 is 5.97 Å². The molecule has 0 bridgehead atoms. The first-order valence-corrected chi connectivity index (χ1v) is 7.48. The maximum absolute atomic E-state index is 12.5. The highest BCUT2D eigenvalue weighted by molar-refractivity contribution is 6.33. The molecule has 0 aliphatic carbocycles. The molecule has 21 heavy (non-hydrogen) atoms. The first kappa shape index (κ1) is 15.8. The summed E-state index contributed by atoms with van der Waals surface area (Å²) in [4.78, 5) is 29.0. The Morgan fingerprint density at radius 3 is 2.95 bits per heavy atom. The molecule has 2 heterocycles. The van der Waals surface area contributed by atoms with Gasteiger partial charge in [-0.2, -0.15) is 0 Å². The minimum atomic E-state index is -0.788. The van der Waals surface area contributed by atoms with Crippen LogP contribution in [0.15, 0.2) is 12.3 Å². The Hall–Kier alpha value is -1.62. The van der Waals surface area contributed by atoms with Crippen molar-refractivity contribution < 1.29 is 14.7 Å². The van der Waals surface area contributed by atoms with Gasteiger partial charge in [-0.1, -0.05) is 11.6 Å². The zero-order chi connectivity index (χ0) is 15.4. The van der Waals surface area contributed by atoms with Crippen LogP contribution in [0.3, 0.4) is 0 Å². The predicted molar refractivity (Wildman–Crippen MR) is 79.5 cm³/mol. The summed E-state index contributed by atoms with van der Waals surface area (Å²) >= 11 is 6.12. The molecule has 5 nitrogen and oxygen atoms in total. The molecule has 1 saturated heterocycles. The van der Waals surface area contributed by atoms with Gasteiger partial charge in [-0.25, -0.2) is 0 Å².